The first-order valence-electron chi connectivity index (χ1n) is 9.86. The van der Waals surface area contributed by atoms with E-state index in [0.29, 0.717) is 12.8 Å². The van der Waals surface area contributed by atoms with Gasteiger partial charge in [-0.2, -0.15) is 0 Å². The SMILES string of the molecule is CCOC(=O)c1cc(NC(=O)[C@H]2CC(C)=C(C)C[C@@H]2C(=O)O)cc(C(=O)OCC)c1. The molecule has 8 nitrogen and oxygen atoms in total. The molecular formula is C22H27NO7. The average Bonchev–Trinajstić information content (AvgIpc) is 2.69. The van der Waals surface area contributed by atoms with Crippen molar-refractivity contribution in [3.05, 3.63) is 40.5 Å². The van der Waals surface area contributed by atoms with Gasteiger partial charge in [0, 0.05) is 5.69 Å². The second-order valence-electron chi connectivity index (χ2n) is 7.25. The number of carboxylic acids is 1. The van der Waals surface area contributed by atoms with E-state index >= 15 is 0 Å². The topological polar surface area (TPSA) is 119 Å². The van der Waals surface area contributed by atoms with Crippen molar-refractivity contribution in [3.63, 3.8) is 0 Å². The zero-order chi connectivity index (χ0) is 22.4. The van der Waals surface area contributed by atoms with E-state index in [9.17, 15) is 24.3 Å². The van der Waals surface area contributed by atoms with Gasteiger partial charge in [0.25, 0.3) is 0 Å². The Balaban J connectivity index is 2.35. The summed E-state index contributed by atoms with van der Waals surface area (Å²) in [6.07, 6.45) is 0.632. The van der Waals surface area contributed by atoms with E-state index in [-0.39, 0.29) is 30.0 Å². The number of carbonyl (C=O) groups is 4. The second-order valence-corrected chi connectivity index (χ2v) is 7.25. The zero-order valence-electron chi connectivity index (χ0n) is 17.6. The fourth-order valence-corrected chi connectivity index (χ4v) is 3.43. The molecule has 1 aliphatic carbocycles. The Morgan fingerprint density at radius 2 is 1.37 bits per heavy atom. The minimum Gasteiger partial charge on any atom is -0.481 e. The van der Waals surface area contributed by atoms with Crippen molar-refractivity contribution in [1.82, 2.24) is 0 Å². The zero-order valence-corrected chi connectivity index (χ0v) is 17.6. The van der Waals surface area contributed by atoms with E-state index in [1.165, 1.54) is 18.2 Å². The van der Waals surface area contributed by atoms with Gasteiger partial charge in [-0.3, -0.25) is 9.59 Å². The summed E-state index contributed by atoms with van der Waals surface area (Å²) < 4.78 is 9.97. The number of amides is 1. The molecule has 1 amide bonds. The number of ether oxygens (including phenoxy) is 2. The van der Waals surface area contributed by atoms with Gasteiger partial charge in [-0.1, -0.05) is 11.1 Å². The van der Waals surface area contributed by atoms with Gasteiger partial charge in [-0.05, 0) is 58.7 Å². The van der Waals surface area contributed by atoms with E-state index in [4.69, 9.17) is 9.47 Å². The van der Waals surface area contributed by atoms with Crippen molar-refractivity contribution >= 4 is 29.5 Å². The van der Waals surface area contributed by atoms with Crippen molar-refractivity contribution in [2.45, 2.75) is 40.5 Å². The molecule has 0 saturated heterocycles. The van der Waals surface area contributed by atoms with Gasteiger partial charge < -0.3 is 19.9 Å². The van der Waals surface area contributed by atoms with Gasteiger partial charge >= 0.3 is 17.9 Å². The Morgan fingerprint density at radius 1 is 0.900 bits per heavy atom. The summed E-state index contributed by atoms with van der Waals surface area (Å²) in [6, 6.07) is 4.12. The lowest BCUT2D eigenvalue weighted by molar-refractivity contribution is -0.146. The number of benzene rings is 1. The van der Waals surface area contributed by atoms with Crippen LogP contribution in [0.15, 0.2) is 29.3 Å². The van der Waals surface area contributed by atoms with Crippen LogP contribution in [0.3, 0.4) is 0 Å². The minimum absolute atomic E-state index is 0.0862. The number of hydrogen-bond acceptors (Lipinski definition) is 6. The molecule has 0 fully saturated rings. The Bertz CT molecular complexity index is 851. The molecular weight excluding hydrogens is 390 g/mol. The average molecular weight is 417 g/mol. The van der Waals surface area contributed by atoms with Crippen LogP contribution in [-0.4, -0.2) is 42.1 Å². The van der Waals surface area contributed by atoms with Crippen LogP contribution in [0.25, 0.3) is 0 Å². The summed E-state index contributed by atoms with van der Waals surface area (Å²) in [4.78, 5) is 48.9. The summed E-state index contributed by atoms with van der Waals surface area (Å²) in [5.74, 6) is -4.40. The highest BCUT2D eigenvalue weighted by Gasteiger charge is 2.37. The number of carboxylic acid groups (broad SMARTS) is 1. The van der Waals surface area contributed by atoms with Crippen molar-refractivity contribution in [3.8, 4) is 0 Å². The van der Waals surface area contributed by atoms with Crippen LogP contribution in [0.2, 0.25) is 0 Å². The summed E-state index contributed by atoms with van der Waals surface area (Å²) in [5, 5.41) is 12.2. The first-order valence-corrected chi connectivity index (χ1v) is 9.86. The second kappa shape index (κ2) is 10.0. The van der Waals surface area contributed by atoms with Crippen molar-refractivity contribution < 1.29 is 33.8 Å². The lowest BCUT2D eigenvalue weighted by Gasteiger charge is -2.29. The largest absolute Gasteiger partial charge is 0.481 e. The first kappa shape index (κ1) is 23.1. The third-order valence-electron chi connectivity index (χ3n) is 5.14. The van der Waals surface area contributed by atoms with Crippen molar-refractivity contribution in [2.24, 2.45) is 11.8 Å². The molecule has 1 aliphatic rings. The molecule has 1 aromatic rings. The number of allylic oxidation sites excluding steroid dienone is 2. The number of anilines is 1. The van der Waals surface area contributed by atoms with Crippen LogP contribution in [0, 0.1) is 11.8 Å². The fraction of sp³-hybridized carbons (Fsp3) is 0.455. The van der Waals surface area contributed by atoms with Gasteiger partial charge in [-0.15, -0.1) is 0 Å². The predicted molar refractivity (Wildman–Crippen MR) is 109 cm³/mol. The summed E-state index contributed by atoms with van der Waals surface area (Å²) in [7, 11) is 0. The molecule has 0 unspecified atom stereocenters. The number of esters is 2. The highest BCUT2D eigenvalue weighted by Crippen LogP contribution is 2.35. The molecule has 0 heterocycles. The molecule has 30 heavy (non-hydrogen) atoms. The van der Waals surface area contributed by atoms with Crippen LogP contribution < -0.4 is 5.32 Å². The maximum atomic E-state index is 12.9. The van der Waals surface area contributed by atoms with E-state index < -0.39 is 35.7 Å². The molecule has 0 aliphatic heterocycles. The molecule has 0 aromatic heterocycles. The van der Waals surface area contributed by atoms with E-state index in [1.54, 1.807) is 13.8 Å². The standard InChI is InChI=1S/C22H27NO7/c1-5-29-21(27)14-9-15(22(28)30-6-2)11-16(10-14)23-19(24)17-7-12(3)13(4)8-18(17)20(25)26/h9-11,17-18H,5-8H2,1-4H3,(H,23,24)(H,25,26)/t17-,18-/m0/s1. The number of rotatable bonds is 7. The Labute approximate surface area is 175 Å². The third-order valence-corrected chi connectivity index (χ3v) is 5.14. The highest BCUT2D eigenvalue weighted by molar-refractivity contribution is 6.00. The molecule has 0 spiro atoms. The highest BCUT2D eigenvalue weighted by atomic mass is 16.5. The summed E-state index contributed by atoms with van der Waals surface area (Å²) in [6.45, 7) is 7.36. The Kier molecular flexibility index (Phi) is 7.74. The van der Waals surface area contributed by atoms with E-state index in [1.807, 2.05) is 13.8 Å². The summed E-state index contributed by atoms with van der Waals surface area (Å²) >= 11 is 0. The maximum absolute atomic E-state index is 12.9. The van der Waals surface area contributed by atoms with Gasteiger partial charge in [0.2, 0.25) is 5.91 Å². The Hall–Kier alpha value is -3.16. The maximum Gasteiger partial charge on any atom is 0.338 e. The molecule has 2 atom stereocenters. The van der Waals surface area contributed by atoms with Crippen molar-refractivity contribution in [1.29, 1.82) is 0 Å². The number of nitrogens with one attached hydrogen (secondary N) is 1. The normalized spacial score (nSPS) is 18.5. The number of aliphatic carboxylic acids is 1. The van der Waals surface area contributed by atoms with E-state index in [0.717, 1.165) is 11.1 Å². The Morgan fingerprint density at radius 3 is 1.80 bits per heavy atom. The van der Waals surface area contributed by atoms with Gasteiger partial charge in [0.1, 0.15) is 0 Å². The monoisotopic (exact) mass is 417 g/mol. The lowest BCUT2D eigenvalue weighted by Crippen LogP contribution is -2.36. The van der Waals surface area contributed by atoms with Crippen LogP contribution in [-0.2, 0) is 19.1 Å². The number of carbonyl (C=O) groups excluding carboxylic acids is 3. The van der Waals surface area contributed by atoms with Crippen LogP contribution in [0.1, 0.15) is 61.3 Å². The minimum atomic E-state index is -1.03. The molecule has 8 heteroatoms. The number of hydrogen-bond donors (Lipinski definition) is 2. The van der Waals surface area contributed by atoms with Crippen LogP contribution in [0.4, 0.5) is 5.69 Å². The molecule has 1 aromatic carbocycles. The smallest absolute Gasteiger partial charge is 0.338 e. The van der Waals surface area contributed by atoms with Gasteiger partial charge in [-0.25, -0.2) is 9.59 Å². The third kappa shape index (κ3) is 5.46. The lowest BCUT2D eigenvalue weighted by atomic mass is 9.76. The predicted octanol–water partition coefficient (Wildman–Crippen LogP) is 3.43. The quantitative estimate of drug-likeness (QED) is 0.515. The fourth-order valence-electron chi connectivity index (χ4n) is 3.43. The van der Waals surface area contributed by atoms with Gasteiger partial charge in [0.05, 0.1) is 36.2 Å². The van der Waals surface area contributed by atoms with E-state index in [2.05, 4.69) is 5.32 Å². The molecule has 0 saturated carbocycles. The van der Waals surface area contributed by atoms with Crippen LogP contribution in [0.5, 0.6) is 0 Å². The molecule has 162 valence electrons. The van der Waals surface area contributed by atoms with Gasteiger partial charge in [0.15, 0.2) is 0 Å². The molecule has 2 rings (SSSR count). The molecule has 0 bridgehead atoms. The summed E-state index contributed by atoms with van der Waals surface area (Å²) in [5.41, 5.74) is 2.33. The molecule has 2 N–H and O–H groups in total. The molecule has 0 radical (unpaired) electrons. The van der Waals surface area contributed by atoms with Crippen LogP contribution >= 0.6 is 0 Å². The first-order chi connectivity index (χ1) is 14.2. The van der Waals surface area contributed by atoms with Crippen molar-refractivity contribution in [2.75, 3.05) is 18.5 Å².